The first-order valence-corrected chi connectivity index (χ1v) is 7.08. The predicted molar refractivity (Wildman–Crippen MR) is 76.3 cm³/mol. The molecule has 1 heterocycles. The first-order valence-electron chi connectivity index (χ1n) is 7.08. The molecule has 0 saturated carbocycles. The summed E-state index contributed by atoms with van der Waals surface area (Å²) >= 11 is 0. The number of nitrogens with zero attached hydrogens (tertiary/aromatic N) is 1. The number of ether oxygens (including phenoxy) is 2. The molecule has 0 radical (unpaired) electrons. The number of rotatable bonds is 6. The lowest BCUT2D eigenvalue weighted by atomic mass is 10.0. The minimum atomic E-state index is -0.243. The minimum absolute atomic E-state index is 0.127. The summed E-state index contributed by atoms with van der Waals surface area (Å²) in [4.78, 5) is 2.35. The Labute approximate surface area is 119 Å². The average molecular weight is 282 g/mol. The second-order valence-electron chi connectivity index (χ2n) is 5.18. The molecule has 1 fully saturated rings. The summed E-state index contributed by atoms with van der Waals surface area (Å²) < 4.78 is 23.7. The van der Waals surface area contributed by atoms with Crippen molar-refractivity contribution in [2.75, 3.05) is 33.4 Å². The molecule has 0 bridgehead atoms. The molecule has 1 aliphatic heterocycles. The van der Waals surface area contributed by atoms with Gasteiger partial charge in [-0.3, -0.25) is 0 Å². The Morgan fingerprint density at radius 3 is 2.80 bits per heavy atom. The van der Waals surface area contributed by atoms with Crippen LogP contribution in [0.2, 0.25) is 0 Å². The van der Waals surface area contributed by atoms with Crippen LogP contribution < -0.4 is 10.5 Å². The summed E-state index contributed by atoms with van der Waals surface area (Å²) in [5, 5.41) is 0. The predicted octanol–water partition coefficient (Wildman–Crippen LogP) is 1.64. The van der Waals surface area contributed by atoms with Gasteiger partial charge in [-0.2, -0.15) is 0 Å². The van der Waals surface area contributed by atoms with Crippen molar-refractivity contribution in [2.24, 2.45) is 5.73 Å². The van der Waals surface area contributed by atoms with Gasteiger partial charge in [0.05, 0.1) is 12.7 Å². The largest absolute Gasteiger partial charge is 0.494 e. The molecular formula is C15H23FN2O2. The van der Waals surface area contributed by atoms with Gasteiger partial charge in [-0.1, -0.05) is 0 Å². The minimum Gasteiger partial charge on any atom is -0.494 e. The summed E-state index contributed by atoms with van der Waals surface area (Å²) in [7, 11) is 1.71. The van der Waals surface area contributed by atoms with Crippen LogP contribution >= 0.6 is 0 Å². The fourth-order valence-electron chi connectivity index (χ4n) is 2.46. The zero-order chi connectivity index (χ0) is 14.4. The van der Waals surface area contributed by atoms with Gasteiger partial charge in [0.15, 0.2) is 0 Å². The van der Waals surface area contributed by atoms with E-state index in [0.717, 1.165) is 32.5 Å². The van der Waals surface area contributed by atoms with E-state index in [0.29, 0.717) is 12.4 Å². The summed E-state index contributed by atoms with van der Waals surface area (Å²) in [6.07, 6.45) is 2.03. The lowest BCUT2D eigenvalue weighted by molar-refractivity contribution is 0.0154. The van der Waals surface area contributed by atoms with Crippen molar-refractivity contribution < 1.29 is 13.9 Å². The normalized spacial score (nSPS) is 23.8. The van der Waals surface area contributed by atoms with Gasteiger partial charge in [0.25, 0.3) is 0 Å². The third kappa shape index (κ3) is 4.44. The van der Waals surface area contributed by atoms with Gasteiger partial charge in [0.2, 0.25) is 0 Å². The van der Waals surface area contributed by atoms with Crippen molar-refractivity contribution in [1.82, 2.24) is 4.90 Å². The molecule has 1 saturated heterocycles. The Hall–Kier alpha value is -1.17. The highest BCUT2D eigenvalue weighted by atomic mass is 19.1. The molecule has 4 nitrogen and oxygen atoms in total. The van der Waals surface area contributed by atoms with Crippen LogP contribution in [0.4, 0.5) is 4.39 Å². The summed E-state index contributed by atoms with van der Waals surface area (Å²) in [5.74, 6) is 0.467. The maximum atomic E-state index is 12.7. The molecule has 1 aromatic rings. The van der Waals surface area contributed by atoms with Crippen LogP contribution in [-0.4, -0.2) is 50.4 Å². The lowest BCUT2D eigenvalue weighted by Gasteiger charge is -2.35. The van der Waals surface area contributed by atoms with Gasteiger partial charge < -0.3 is 20.1 Å². The molecule has 20 heavy (non-hydrogen) atoms. The second-order valence-corrected chi connectivity index (χ2v) is 5.18. The highest BCUT2D eigenvalue weighted by molar-refractivity contribution is 5.21. The molecule has 2 rings (SSSR count). The quantitative estimate of drug-likeness (QED) is 0.806. The molecule has 2 atom stereocenters. The van der Waals surface area contributed by atoms with E-state index in [4.69, 9.17) is 15.2 Å². The fourth-order valence-corrected chi connectivity index (χ4v) is 2.46. The number of piperidine rings is 1. The van der Waals surface area contributed by atoms with Crippen molar-refractivity contribution in [3.05, 3.63) is 30.1 Å². The van der Waals surface area contributed by atoms with Gasteiger partial charge in [-0.25, -0.2) is 4.39 Å². The van der Waals surface area contributed by atoms with E-state index < -0.39 is 0 Å². The number of hydrogen-bond acceptors (Lipinski definition) is 4. The number of methoxy groups -OCH3 is 1. The topological polar surface area (TPSA) is 47.7 Å². The first kappa shape index (κ1) is 15.2. The lowest BCUT2D eigenvalue weighted by Crippen LogP contribution is -2.51. The molecule has 0 aromatic heterocycles. The average Bonchev–Trinajstić information content (AvgIpc) is 2.47. The van der Waals surface area contributed by atoms with Crippen LogP contribution in [0.5, 0.6) is 5.75 Å². The van der Waals surface area contributed by atoms with E-state index in [1.807, 2.05) is 0 Å². The van der Waals surface area contributed by atoms with E-state index in [2.05, 4.69) is 4.90 Å². The first-order chi connectivity index (χ1) is 9.69. The standard InChI is InChI=1S/C15H23FN2O2/c1-19-15-11-18(9-7-14(15)17)8-2-10-20-13-5-3-12(16)4-6-13/h3-6,14-15H,2,7-11,17H2,1H3/t14-,15+/m1/s1. The van der Waals surface area contributed by atoms with Gasteiger partial charge >= 0.3 is 0 Å². The molecule has 1 aliphatic rings. The summed E-state index contributed by atoms with van der Waals surface area (Å²) in [6.45, 7) is 3.49. The third-order valence-corrected chi connectivity index (χ3v) is 3.70. The van der Waals surface area contributed by atoms with E-state index >= 15 is 0 Å². The van der Waals surface area contributed by atoms with Crippen LogP contribution in [0, 0.1) is 5.82 Å². The van der Waals surface area contributed by atoms with Crippen molar-refractivity contribution >= 4 is 0 Å². The van der Waals surface area contributed by atoms with E-state index in [1.54, 1.807) is 19.2 Å². The molecule has 0 aliphatic carbocycles. The number of hydrogen-bond donors (Lipinski definition) is 1. The van der Waals surface area contributed by atoms with E-state index in [-0.39, 0.29) is 18.0 Å². The van der Waals surface area contributed by atoms with Crippen LogP contribution in [0.25, 0.3) is 0 Å². The zero-order valence-electron chi connectivity index (χ0n) is 11.9. The molecule has 0 unspecified atom stereocenters. The van der Waals surface area contributed by atoms with Gasteiger partial charge in [-0.05, 0) is 43.7 Å². The highest BCUT2D eigenvalue weighted by Gasteiger charge is 2.25. The summed E-state index contributed by atoms with van der Waals surface area (Å²) in [5.41, 5.74) is 5.99. The van der Waals surface area contributed by atoms with E-state index in [9.17, 15) is 4.39 Å². The molecule has 2 N–H and O–H groups in total. The Bertz CT molecular complexity index is 399. The summed E-state index contributed by atoms with van der Waals surface area (Å²) in [6, 6.07) is 6.26. The number of nitrogens with two attached hydrogens (primary N) is 1. The van der Waals surface area contributed by atoms with Crippen LogP contribution in [-0.2, 0) is 4.74 Å². The molecule has 1 aromatic carbocycles. The Morgan fingerprint density at radius 1 is 1.35 bits per heavy atom. The van der Waals surface area contributed by atoms with Crippen molar-refractivity contribution in [3.8, 4) is 5.75 Å². The van der Waals surface area contributed by atoms with Gasteiger partial charge in [0, 0.05) is 26.2 Å². The highest BCUT2D eigenvalue weighted by Crippen LogP contribution is 2.13. The maximum absolute atomic E-state index is 12.7. The number of halogens is 1. The monoisotopic (exact) mass is 282 g/mol. The Kier molecular flexibility index (Phi) is 5.76. The van der Waals surface area contributed by atoms with E-state index in [1.165, 1.54) is 12.1 Å². The number of benzene rings is 1. The van der Waals surface area contributed by atoms with Crippen LogP contribution in [0.3, 0.4) is 0 Å². The van der Waals surface area contributed by atoms with Crippen molar-refractivity contribution in [2.45, 2.75) is 25.0 Å². The molecule has 0 amide bonds. The SMILES string of the molecule is CO[C@H]1CN(CCCOc2ccc(F)cc2)CC[C@H]1N. The molecular weight excluding hydrogens is 259 g/mol. The molecule has 5 heteroatoms. The maximum Gasteiger partial charge on any atom is 0.123 e. The van der Waals surface area contributed by atoms with Crippen LogP contribution in [0.1, 0.15) is 12.8 Å². The third-order valence-electron chi connectivity index (χ3n) is 3.70. The Morgan fingerprint density at radius 2 is 2.10 bits per heavy atom. The van der Waals surface area contributed by atoms with Crippen molar-refractivity contribution in [1.29, 1.82) is 0 Å². The second kappa shape index (κ2) is 7.57. The fraction of sp³-hybridized carbons (Fsp3) is 0.600. The zero-order valence-corrected chi connectivity index (χ0v) is 11.9. The van der Waals surface area contributed by atoms with Gasteiger partial charge in [-0.15, -0.1) is 0 Å². The molecule has 0 spiro atoms. The number of likely N-dealkylation sites (tertiary alicyclic amines) is 1. The Balaban J connectivity index is 1.65. The van der Waals surface area contributed by atoms with Gasteiger partial charge in [0.1, 0.15) is 11.6 Å². The smallest absolute Gasteiger partial charge is 0.123 e. The van der Waals surface area contributed by atoms with Crippen molar-refractivity contribution in [3.63, 3.8) is 0 Å². The molecule has 112 valence electrons. The van der Waals surface area contributed by atoms with Crippen LogP contribution in [0.15, 0.2) is 24.3 Å².